The minimum Gasteiger partial charge on any atom is -0.356 e. The molecule has 2 aliphatic heterocycles. The van der Waals surface area contributed by atoms with Crippen LogP contribution in [0.15, 0.2) is 52.8 Å². The van der Waals surface area contributed by atoms with Gasteiger partial charge in [0.1, 0.15) is 16.3 Å². The molecule has 1 atom stereocenters. The van der Waals surface area contributed by atoms with Crippen LogP contribution in [0.3, 0.4) is 0 Å². The van der Waals surface area contributed by atoms with Gasteiger partial charge in [0.15, 0.2) is 0 Å². The van der Waals surface area contributed by atoms with Crippen LogP contribution in [0, 0.1) is 6.92 Å². The molecular formula is C16H12BrF3N2O. The third-order valence-electron chi connectivity index (χ3n) is 3.69. The van der Waals surface area contributed by atoms with E-state index in [4.69, 9.17) is 0 Å². The molecular weight excluding hydrogens is 373 g/mol. The Morgan fingerprint density at radius 1 is 1.22 bits per heavy atom. The molecule has 7 heteroatoms. The highest BCUT2D eigenvalue weighted by atomic mass is 79.9. The van der Waals surface area contributed by atoms with Crippen LogP contribution in [0.1, 0.15) is 11.1 Å². The number of benzene rings is 1. The minimum absolute atomic E-state index is 0.518. The lowest BCUT2D eigenvalue weighted by molar-refractivity contribution is -0.130. The van der Waals surface area contributed by atoms with Crippen LogP contribution in [0.2, 0.25) is 0 Å². The zero-order valence-corrected chi connectivity index (χ0v) is 13.6. The predicted octanol–water partition coefficient (Wildman–Crippen LogP) is 3.83. The number of rotatable bonds is 1. The van der Waals surface area contributed by atoms with Crippen molar-refractivity contribution in [3.8, 4) is 0 Å². The maximum atomic E-state index is 13.1. The Labute approximate surface area is 139 Å². The van der Waals surface area contributed by atoms with Gasteiger partial charge < -0.3 is 5.32 Å². The lowest BCUT2D eigenvalue weighted by atomic mass is 9.97. The van der Waals surface area contributed by atoms with E-state index in [1.54, 1.807) is 12.2 Å². The van der Waals surface area contributed by atoms with Crippen molar-refractivity contribution in [2.24, 2.45) is 0 Å². The van der Waals surface area contributed by atoms with Crippen LogP contribution >= 0.6 is 15.9 Å². The third kappa shape index (κ3) is 2.81. The van der Waals surface area contributed by atoms with E-state index < -0.39 is 28.4 Å². The van der Waals surface area contributed by atoms with Crippen molar-refractivity contribution in [2.45, 2.75) is 19.3 Å². The molecule has 1 amide bonds. The van der Waals surface area contributed by atoms with E-state index in [1.165, 1.54) is 11.1 Å². The summed E-state index contributed by atoms with van der Waals surface area (Å²) >= 11 is 2.76. The summed E-state index contributed by atoms with van der Waals surface area (Å²) < 4.78 is 38.9. The van der Waals surface area contributed by atoms with Gasteiger partial charge in [-0.25, -0.2) is 0 Å². The summed E-state index contributed by atoms with van der Waals surface area (Å²) in [5.74, 6) is -0.727. The molecule has 120 valence electrons. The van der Waals surface area contributed by atoms with E-state index in [9.17, 15) is 18.0 Å². The second kappa shape index (κ2) is 5.56. The summed E-state index contributed by atoms with van der Waals surface area (Å²) in [6.45, 7) is 1.93. The smallest absolute Gasteiger partial charge is 0.356 e. The van der Waals surface area contributed by atoms with E-state index in [-0.39, 0.29) is 0 Å². The molecule has 23 heavy (non-hydrogen) atoms. The number of hydrogen-bond acceptors (Lipinski definition) is 2. The van der Waals surface area contributed by atoms with Crippen LogP contribution in [-0.2, 0) is 4.79 Å². The SMILES string of the molecule is Cc1ccc(C2=CC=CN3C(=O)C(Br)=C(C(F)(F)F)NC23)cc1. The molecule has 0 spiro atoms. The quantitative estimate of drug-likeness (QED) is 0.797. The Balaban J connectivity index is 2.04. The third-order valence-corrected chi connectivity index (χ3v) is 4.42. The summed E-state index contributed by atoms with van der Waals surface area (Å²) in [4.78, 5) is 13.5. The van der Waals surface area contributed by atoms with Crippen molar-refractivity contribution in [1.29, 1.82) is 0 Å². The van der Waals surface area contributed by atoms with Crippen LogP contribution in [0.5, 0.6) is 0 Å². The van der Waals surface area contributed by atoms with Crippen molar-refractivity contribution in [1.82, 2.24) is 10.2 Å². The minimum atomic E-state index is -4.64. The van der Waals surface area contributed by atoms with Crippen LogP contribution < -0.4 is 5.32 Å². The van der Waals surface area contributed by atoms with Crippen LogP contribution in [-0.4, -0.2) is 23.1 Å². The van der Waals surface area contributed by atoms with E-state index in [1.807, 2.05) is 31.2 Å². The summed E-state index contributed by atoms with van der Waals surface area (Å²) in [5.41, 5.74) is 1.35. The summed E-state index contributed by atoms with van der Waals surface area (Å²) in [6.07, 6.45) is -0.719. The second-order valence-corrected chi connectivity index (χ2v) is 6.07. The number of nitrogens with zero attached hydrogens (tertiary/aromatic N) is 1. The monoisotopic (exact) mass is 384 g/mol. The molecule has 2 aliphatic rings. The Bertz CT molecular complexity index is 748. The van der Waals surface area contributed by atoms with Gasteiger partial charge in [0.05, 0.1) is 0 Å². The molecule has 1 unspecified atom stereocenters. The van der Waals surface area contributed by atoms with E-state index >= 15 is 0 Å². The van der Waals surface area contributed by atoms with Crippen molar-refractivity contribution < 1.29 is 18.0 Å². The number of hydrogen-bond donors (Lipinski definition) is 1. The standard InChI is InChI=1S/C16H12BrF3N2O/c1-9-4-6-10(7-5-9)11-3-2-8-22-14(11)21-13(16(18,19)20)12(17)15(22)23/h2-8,14,21H,1H3. The first kappa shape index (κ1) is 15.9. The number of carbonyl (C=O) groups is 1. The Kier molecular flexibility index (Phi) is 3.83. The highest BCUT2D eigenvalue weighted by Crippen LogP contribution is 2.37. The number of allylic oxidation sites excluding steroid dienone is 3. The average molecular weight is 385 g/mol. The number of halogens is 4. The average Bonchev–Trinajstić information content (AvgIpc) is 2.50. The zero-order chi connectivity index (χ0) is 16.8. The van der Waals surface area contributed by atoms with Crippen molar-refractivity contribution in [2.75, 3.05) is 0 Å². The van der Waals surface area contributed by atoms with Gasteiger partial charge in [-0.05, 0) is 34.5 Å². The molecule has 0 fully saturated rings. The molecule has 1 aromatic carbocycles. The number of fused-ring (bicyclic) bond motifs is 1. The summed E-state index contributed by atoms with van der Waals surface area (Å²) in [5, 5.41) is 2.43. The Morgan fingerprint density at radius 3 is 2.48 bits per heavy atom. The molecule has 2 heterocycles. The maximum Gasteiger partial charge on any atom is 0.432 e. The molecule has 0 radical (unpaired) electrons. The number of alkyl halides is 3. The molecule has 1 aromatic rings. The van der Waals surface area contributed by atoms with Crippen LogP contribution in [0.25, 0.3) is 5.57 Å². The number of carbonyl (C=O) groups excluding carboxylic acids is 1. The Morgan fingerprint density at radius 2 is 1.87 bits per heavy atom. The molecule has 0 bridgehead atoms. The van der Waals surface area contributed by atoms with E-state index in [0.29, 0.717) is 5.57 Å². The van der Waals surface area contributed by atoms with Gasteiger partial charge in [0.25, 0.3) is 5.91 Å². The fraction of sp³-hybridized carbons (Fsp3) is 0.188. The largest absolute Gasteiger partial charge is 0.432 e. The first-order valence-electron chi connectivity index (χ1n) is 6.80. The van der Waals surface area contributed by atoms with Gasteiger partial charge >= 0.3 is 6.18 Å². The molecule has 0 aliphatic carbocycles. The van der Waals surface area contributed by atoms with Gasteiger partial charge in [0.2, 0.25) is 0 Å². The van der Waals surface area contributed by atoms with Crippen molar-refractivity contribution >= 4 is 27.4 Å². The number of amides is 1. The van der Waals surface area contributed by atoms with Gasteiger partial charge in [-0.3, -0.25) is 9.69 Å². The molecule has 3 rings (SSSR count). The van der Waals surface area contributed by atoms with Crippen molar-refractivity contribution in [3.05, 3.63) is 63.9 Å². The van der Waals surface area contributed by atoms with E-state index in [2.05, 4.69) is 21.2 Å². The summed E-state index contributed by atoms with van der Waals surface area (Å²) in [7, 11) is 0. The molecule has 1 N–H and O–H groups in total. The van der Waals surface area contributed by atoms with Gasteiger partial charge in [-0.2, -0.15) is 13.2 Å². The molecule has 0 saturated carbocycles. The lowest BCUT2D eigenvalue weighted by Gasteiger charge is -2.39. The number of nitrogens with one attached hydrogen (secondary N) is 1. The number of aryl methyl sites for hydroxylation is 1. The molecule has 0 saturated heterocycles. The normalized spacial score (nSPS) is 21.1. The highest BCUT2D eigenvalue weighted by molar-refractivity contribution is 9.12. The Hall–Kier alpha value is -2.02. The molecule has 3 nitrogen and oxygen atoms in total. The first-order valence-corrected chi connectivity index (χ1v) is 7.60. The van der Waals surface area contributed by atoms with Gasteiger partial charge in [-0.1, -0.05) is 35.9 Å². The maximum absolute atomic E-state index is 13.1. The molecule has 0 aromatic heterocycles. The first-order chi connectivity index (χ1) is 10.8. The van der Waals surface area contributed by atoms with Crippen LogP contribution in [0.4, 0.5) is 13.2 Å². The van der Waals surface area contributed by atoms with Gasteiger partial charge in [-0.15, -0.1) is 0 Å². The topological polar surface area (TPSA) is 32.3 Å². The predicted molar refractivity (Wildman–Crippen MR) is 84.1 cm³/mol. The zero-order valence-electron chi connectivity index (χ0n) is 12.0. The highest BCUT2D eigenvalue weighted by Gasteiger charge is 2.45. The van der Waals surface area contributed by atoms with Gasteiger partial charge in [0, 0.05) is 11.8 Å². The lowest BCUT2D eigenvalue weighted by Crippen LogP contribution is -2.53. The fourth-order valence-electron chi connectivity index (χ4n) is 2.53. The summed E-state index contributed by atoms with van der Waals surface area (Å²) in [6, 6.07) is 7.40. The van der Waals surface area contributed by atoms with Crippen molar-refractivity contribution in [3.63, 3.8) is 0 Å². The fourth-order valence-corrected chi connectivity index (χ4v) is 3.07. The van der Waals surface area contributed by atoms with E-state index in [0.717, 1.165) is 11.1 Å². The second-order valence-electron chi connectivity index (χ2n) is 5.28.